The quantitative estimate of drug-likeness (QED) is 0.145. The fraction of sp³-hybridized carbons (Fsp3) is 0.403. The molecule has 4 nitrogen and oxygen atoms in total. The maximum absolute atomic E-state index is 5.84. The molecule has 3 aromatic rings. The minimum absolute atomic E-state index is 0. The largest absolute Gasteiger partial charge is 2.00 e. The zero-order chi connectivity index (χ0) is 50.8. The third-order valence-electron chi connectivity index (χ3n) is 12.6. The number of nitrogens with zero attached hydrogens (tertiary/aromatic N) is 2. The molecule has 3 heterocycles. The molecule has 5 unspecified atom stereocenters. The summed E-state index contributed by atoms with van der Waals surface area (Å²) >= 11 is 0. The van der Waals surface area contributed by atoms with E-state index < -0.39 is 0 Å². The molecule has 0 amide bonds. The van der Waals surface area contributed by atoms with Gasteiger partial charge < -0.3 is 69.7 Å². The van der Waals surface area contributed by atoms with Crippen molar-refractivity contribution in [1.29, 1.82) is 0 Å². The average molecular weight is 1370 g/mol. The smallest absolute Gasteiger partial charge is 0.382 e. The first kappa shape index (κ1) is 75.4. The summed E-state index contributed by atoms with van der Waals surface area (Å²) in [4.78, 5) is 7.57. The summed E-state index contributed by atoms with van der Waals surface area (Å²) in [5.41, 5.74) is 6.36. The molecule has 5 atom stereocenters. The van der Waals surface area contributed by atoms with Crippen LogP contribution in [-0.2, 0) is 127 Å². The fourth-order valence-electron chi connectivity index (χ4n) is 8.58. The summed E-state index contributed by atoms with van der Waals surface area (Å²) in [6.07, 6.45) is 57.9. The second-order valence-electron chi connectivity index (χ2n) is 18.3. The van der Waals surface area contributed by atoms with E-state index in [1.165, 1.54) is 83.5 Å². The number of ether oxygens (including phenoxy) is 1. The Hall–Kier alpha value is -1.68. The number of rotatable bonds is 5. The molecule has 3 radical (unpaired) electrons. The SMILES string of the molecule is C1=CCCC2CC2CC1.C1=CCCCCC1.C1=C\CCc2ccccc2CC/1.C1=NOC2C1OC1CC/C=C\CCN12.[CH2-]C=C[CH2-].[CH2-]CC=CCC[CH2-].[CH2-]C[CH2-].[CH2-]c1ccccc1C=Cc1[c-]cccc1.[V+2].[W+2].[Y].[Y]. The van der Waals surface area contributed by atoms with E-state index in [2.05, 4.69) is 162 Å². The van der Waals surface area contributed by atoms with Crippen molar-refractivity contribution in [2.24, 2.45) is 17.0 Å². The average Bonchev–Trinajstić information content (AvgIpc) is 3.95. The standard InChI is InChI=1S/C15H12.C12H14.C10H14N2O2.C9H14.2C7H12.C4H6.C3H6.V.W.2Y/c1-13-7-5-6-10-15(13)12-11-14-8-3-2-4-9-14;1-2-4-8-12-10-6-5-9-11(12)7-3-1;1-2-4-6-12-9(5-3-1)13-8-7-11-14-10(8)12;1-2-4-6-9-7-8(9)5-3-1;1-2-4-6-7-5-3-1;1-3-5-7-6-4-2;1-3-4-2;1-3-2;;;;/h2-8,10-12H,1H2;1-2,5-6,9-10H,3-4,7-8H2;1-2,7-10H,3-6H2;1-2,8-9H,3-7H2;1-2H,3-7H2;5,7H,1-4,6H2;3-4H,1-2H2;1-3H2;;;;/q-2;;;;;3*-2;2*+2;;/b;2*2-1-;;;;;;;;;. The predicted octanol–water partition coefficient (Wildman–Crippen LogP) is 17.9. The monoisotopic (exact) mass is 1370 g/mol. The van der Waals surface area contributed by atoms with Crippen molar-refractivity contribution >= 4 is 18.4 Å². The van der Waals surface area contributed by atoms with Gasteiger partial charge in [-0.2, -0.15) is 43.0 Å². The first-order valence-corrected chi connectivity index (χ1v) is 26.9. The van der Waals surface area contributed by atoms with Gasteiger partial charge in [-0.3, -0.25) is 0 Å². The zero-order valence-electron chi connectivity index (χ0n) is 45.7. The van der Waals surface area contributed by atoms with Crippen LogP contribution in [0.4, 0.5) is 0 Å². The van der Waals surface area contributed by atoms with Gasteiger partial charge in [0.05, 0.1) is 6.21 Å². The molecule has 1 saturated heterocycles. The molecule has 10 rings (SSSR count). The Bertz CT molecular complexity index is 1980. The van der Waals surface area contributed by atoms with Crippen LogP contribution >= 0.6 is 0 Å². The van der Waals surface area contributed by atoms with Crippen molar-refractivity contribution in [2.45, 2.75) is 153 Å². The number of hydrogen-bond donors (Lipinski definition) is 0. The molecule has 0 aromatic heterocycles. The van der Waals surface area contributed by atoms with Gasteiger partial charge >= 0.3 is 39.6 Å². The van der Waals surface area contributed by atoms with E-state index in [0.29, 0.717) is 0 Å². The van der Waals surface area contributed by atoms with Gasteiger partial charge in [0.2, 0.25) is 6.23 Å². The van der Waals surface area contributed by atoms with Crippen LogP contribution in [0.25, 0.3) is 12.2 Å². The summed E-state index contributed by atoms with van der Waals surface area (Å²) in [5, 5.41) is 3.80. The maximum Gasteiger partial charge on any atom is 2.00 e. The minimum Gasteiger partial charge on any atom is -0.382 e. The molecule has 0 N–H and O–H groups in total. The molecule has 0 spiro atoms. The van der Waals surface area contributed by atoms with Gasteiger partial charge in [0.1, 0.15) is 6.23 Å². The number of unbranched alkanes of at least 4 members (excludes halogenated alkanes) is 1. The topological polar surface area (TPSA) is 34.1 Å². The molecule has 3 aromatic carbocycles. The fourth-order valence-corrected chi connectivity index (χ4v) is 8.58. The predicted molar refractivity (Wildman–Crippen MR) is 309 cm³/mol. The molecule has 401 valence electrons. The Labute approximate surface area is 537 Å². The second-order valence-corrected chi connectivity index (χ2v) is 18.3. The molecular formula is C67H90N2O2VWY2-4. The molecule has 3 aliphatic heterocycles. The summed E-state index contributed by atoms with van der Waals surface area (Å²) in [7, 11) is 0. The van der Waals surface area contributed by atoms with E-state index >= 15 is 0 Å². The van der Waals surface area contributed by atoms with Crippen LogP contribution in [0.3, 0.4) is 0 Å². The molecule has 1 saturated carbocycles. The van der Waals surface area contributed by atoms with Crippen molar-refractivity contribution in [2.75, 3.05) is 6.54 Å². The number of fused-ring (bicyclic) bond motifs is 5. The number of benzene rings is 3. The Balaban J connectivity index is 0. The maximum atomic E-state index is 5.84. The Morgan fingerprint density at radius 3 is 1.75 bits per heavy atom. The van der Waals surface area contributed by atoms with Crippen LogP contribution in [-0.4, -0.2) is 36.2 Å². The molecular weight excluding hydrogens is 1280 g/mol. The Kier molecular flexibility index (Phi) is 52.0. The van der Waals surface area contributed by atoms with Crippen LogP contribution in [0.15, 0.2) is 151 Å². The van der Waals surface area contributed by atoms with Gasteiger partial charge in [-0.25, -0.2) is 4.90 Å². The first-order valence-electron chi connectivity index (χ1n) is 26.9. The molecule has 0 bridgehead atoms. The van der Waals surface area contributed by atoms with Crippen LogP contribution in [0.2, 0.25) is 0 Å². The molecule has 7 aliphatic rings. The third-order valence-corrected chi connectivity index (χ3v) is 12.6. The molecule has 2 fully saturated rings. The van der Waals surface area contributed by atoms with Crippen LogP contribution < -0.4 is 0 Å². The van der Waals surface area contributed by atoms with Crippen molar-refractivity contribution in [3.05, 3.63) is 228 Å². The third kappa shape index (κ3) is 35.5. The number of oxime groups is 1. The van der Waals surface area contributed by atoms with Crippen LogP contribution in [0, 0.1) is 66.4 Å². The van der Waals surface area contributed by atoms with Crippen LogP contribution in [0.1, 0.15) is 150 Å². The van der Waals surface area contributed by atoms with E-state index in [1.807, 2.05) is 48.5 Å². The number of allylic oxidation sites excluding steroid dienone is 11. The molecule has 8 heteroatoms. The zero-order valence-corrected chi connectivity index (χ0v) is 55.7. The van der Waals surface area contributed by atoms with E-state index in [0.717, 1.165) is 80.0 Å². The van der Waals surface area contributed by atoms with E-state index in [-0.39, 0.29) is 124 Å². The van der Waals surface area contributed by atoms with Crippen molar-refractivity contribution < 1.29 is 115 Å². The van der Waals surface area contributed by atoms with Gasteiger partial charge in [-0.1, -0.05) is 103 Å². The van der Waals surface area contributed by atoms with Gasteiger partial charge in [-0.15, -0.1) is 60.2 Å². The summed E-state index contributed by atoms with van der Waals surface area (Å²) in [6, 6.07) is 27.9. The summed E-state index contributed by atoms with van der Waals surface area (Å²) in [5.74, 6) is 2.27. The Morgan fingerprint density at radius 2 is 1.19 bits per heavy atom. The van der Waals surface area contributed by atoms with E-state index in [1.54, 1.807) is 35.9 Å². The second kappa shape index (κ2) is 51.7. The number of hydrogen-bond acceptors (Lipinski definition) is 4. The van der Waals surface area contributed by atoms with Gasteiger partial charge in [0.25, 0.3) is 0 Å². The molecule has 75 heavy (non-hydrogen) atoms. The minimum atomic E-state index is 0. The summed E-state index contributed by atoms with van der Waals surface area (Å²) in [6.45, 7) is 25.8. The van der Waals surface area contributed by atoms with Crippen molar-refractivity contribution in [3.8, 4) is 0 Å². The van der Waals surface area contributed by atoms with Gasteiger partial charge in [0, 0.05) is 72.0 Å². The van der Waals surface area contributed by atoms with E-state index in [4.69, 9.17) is 9.57 Å². The number of aryl methyl sites for hydroxylation is 2. The van der Waals surface area contributed by atoms with Crippen molar-refractivity contribution in [1.82, 2.24) is 4.90 Å². The normalized spacial score (nSPS) is 21.9. The first-order chi connectivity index (χ1) is 35.0. The molecule has 4 aliphatic carbocycles. The van der Waals surface area contributed by atoms with Crippen LogP contribution in [0.5, 0.6) is 0 Å². The van der Waals surface area contributed by atoms with Gasteiger partial charge in [0.15, 0.2) is 6.10 Å². The summed E-state index contributed by atoms with van der Waals surface area (Å²) < 4.78 is 5.84. The Morgan fingerprint density at radius 1 is 0.640 bits per heavy atom. The van der Waals surface area contributed by atoms with E-state index in [9.17, 15) is 0 Å². The van der Waals surface area contributed by atoms with Crippen molar-refractivity contribution in [3.63, 3.8) is 0 Å². The van der Waals surface area contributed by atoms with Gasteiger partial charge in [-0.05, 0) is 126 Å².